The second-order valence-corrected chi connectivity index (χ2v) is 17.9. The highest BCUT2D eigenvalue weighted by molar-refractivity contribution is 7.90. The van der Waals surface area contributed by atoms with Crippen LogP contribution in [0, 0.1) is 0 Å². The van der Waals surface area contributed by atoms with Gasteiger partial charge in [0.05, 0.1) is 33.5 Å². The molecule has 3 heterocycles. The van der Waals surface area contributed by atoms with Crippen LogP contribution in [0.3, 0.4) is 0 Å². The number of halogens is 1. The van der Waals surface area contributed by atoms with Crippen molar-refractivity contribution in [2.45, 2.75) is 83.1 Å². The predicted molar refractivity (Wildman–Crippen MR) is 238 cm³/mol. The lowest BCUT2D eigenvalue weighted by Crippen LogP contribution is -2.37. The van der Waals surface area contributed by atoms with Crippen LogP contribution in [0.15, 0.2) is 89.8 Å². The Bertz CT molecular complexity index is 2560. The minimum Gasteiger partial charge on any atom is -0.449 e. The lowest BCUT2D eigenvalue weighted by atomic mass is 9.98. The van der Waals surface area contributed by atoms with Crippen LogP contribution >= 0.6 is 11.6 Å². The number of unbranched alkanes of at least 4 members (excludes halogenated alkanes) is 2. The van der Waals surface area contributed by atoms with E-state index in [2.05, 4.69) is 18.6 Å². The lowest BCUT2D eigenvalue weighted by Gasteiger charge is -2.29. The molecule has 2 aliphatic heterocycles. The van der Waals surface area contributed by atoms with Gasteiger partial charge in [0.2, 0.25) is 0 Å². The van der Waals surface area contributed by atoms with Crippen LogP contribution in [0.25, 0.3) is 16.5 Å². The van der Waals surface area contributed by atoms with E-state index < -0.39 is 27.9 Å². The van der Waals surface area contributed by atoms with E-state index in [-0.39, 0.29) is 51.4 Å². The Morgan fingerprint density at radius 3 is 2.23 bits per heavy atom. The number of nitrogens with zero attached hydrogens (tertiary/aromatic N) is 5. The van der Waals surface area contributed by atoms with E-state index in [9.17, 15) is 27.6 Å². The molecule has 4 amide bonds. The number of piperidine rings is 1. The normalized spacial score (nSPS) is 14.0. The van der Waals surface area contributed by atoms with Gasteiger partial charge in [0.1, 0.15) is 0 Å². The molecular formula is C47H53ClN6O7S. The zero-order valence-corrected chi connectivity index (χ0v) is 36.8. The van der Waals surface area contributed by atoms with E-state index in [1.165, 1.54) is 35.0 Å². The van der Waals surface area contributed by atoms with Gasteiger partial charge in [0, 0.05) is 51.3 Å². The predicted octanol–water partition coefficient (Wildman–Crippen LogP) is 8.20. The van der Waals surface area contributed by atoms with Crippen molar-refractivity contribution in [2.75, 3.05) is 39.3 Å². The Morgan fingerprint density at radius 2 is 1.50 bits per heavy atom. The summed E-state index contributed by atoms with van der Waals surface area (Å²) in [6.45, 7) is 6.94. The van der Waals surface area contributed by atoms with Gasteiger partial charge < -0.3 is 19.4 Å². The van der Waals surface area contributed by atoms with Crippen molar-refractivity contribution in [3.05, 3.63) is 124 Å². The number of ether oxygens (including phenoxy) is 1. The molecule has 7 rings (SSSR count). The number of likely N-dealkylation sites (tertiary alicyclic amines) is 1. The summed E-state index contributed by atoms with van der Waals surface area (Å²) in [4.78, 5) is 61.1. The summed E-state index contributed by atoms with van der Waals surface area (Å²) in [5.74, 6) is -1.74. The average molecular weight is 881 g/mol. The van der Waals surface area contributed by atoms with E-state index >= 15 is 0 Å². The molecule has 0 atom stereocenters. The standard InChI is InChI=1S/C47H53ClN6O7S/c1-3-5-24-51(25-6-4-2)46(57)43-42(48)41(23-29-61-47(58)52-26-12-7-13-27-52)54(49-43)40-21-19-36(31-39(40)45(56)53-28-22-34-15-9-11-17-37(34)32-53)44(55)50-62(59,60)38-20-18-33-14-8-10-16-35(33)30-38/h8-11,14-21,30-31H,3-7,12-13,22-29,32H2,1-2H3,(H,50,55). The van der Waals surface area contributed by atoms with E-state index in [4.69, 9.17) is 21.4 Å². The number of carbonyl (C=O) groups excluding carboxylic acids is 4. The summed E-state index contributed by atoms with van der Waals surface area (Å²) in [5, 5.41) is 6.40. The second-order valence-electron chi connectivity index (χ2n) is 15.9. The molecule has 2 aliphatic rings. The highest BCUT2D eigenvalue weighted by Crippen LogP contribution is 2.31. The van der Waals surface area contributed by atoms with Gasteiger partial charge in [-0.15, -0.1) is 0 Å². The molecule has 1 aromatic heterocycles. The molecule has 326 valence electrons. The zero-order valence-electron chi connectivity index (χ0n) is 35.3. The van der Waals surface area contributed by atoms with Crippen LogP contribution in [-0.2, 0) is 34.1 Å². The van der Waals surface area contributed by atoms with Gasteiger partial charge in [-0.2, -0.15) is 5.10 Å². The van der Waals surface area contributed by atoms with Gasteiger partial charge in [-0.1, -0.05) is 92.9 Å². The van der Waals surface area contributed by atoms with Gasteiger partial charge in [0.15, 0.2) is 5.69 Å². The third-order valence-electron chi connectivity index (χ3n) is 11.5. The molecule has 0 aliphatic carbocycles. The van der Waals surface area contributed by atoms with Crippen molar-refractivity contribution in [1.29, 1.82) is 0 Å². The Kier molecular flexibility index (Phi) is 14.3. The van der Waals surface area contributed by atoms with Crippen LogP contribution in [0.1, 0.15) is 107 Å². The molecule has 15 heteroatoms. The molecule has 0 spiro atoms. The highest BCUT2D eigenvalue weighted by atomic mass is 35.5. The Morgan fingerprint density at radius 1 is 0.806 bits per heavy atom. The summed E-state index contributed by atoms with van der Waals surface area (Å²) < 4.78 is 36.6. The number of carbonyl (C=O) groups is 4. The van der Waals surface area contributed by atoms with E-state index in [1.54, 1.807) is 32.9 Å². The van der Waals surface area contributed by atoms with E-state index in [0.29, 0.717) is 56.8 Å². The molecule has 0 bridgehead atoms. The van der Waals surface area contributed by atoms with Gasteiger partial charge >= 0.3 is 6.09 Å². The number of amides is 4. The maximum atomic E-state index is 14.8. The third-order valence-corrected chi connectivity index (χ3v) is 13.3. The van der Waals surface area contributed by atoms with Gasteiger partial charge in [-0.05, 0) is 90.8 Å². The van der Waals surface area contributed by atoms with Crippen molar-refractivity contribution >= 4 is 56.2 Å². The summed E-state index contributed by atoms with van der Waals surface area (Å²) in [7, 11) is -4.33. The topological polar surface area (TPSA) is 151 Å². The first-order chi connectivity index (χ1) is 30.0. The van der Waals surface area contributed by atoms with Crippen molar-refractivity contribution in [3.8, 4) is 5.69 Å². The molecule has 13 nitrogen and oxygen atoms in total. The number of fused-ring (bicyclic) bond motifs is 2. The number of sulfonamides is 1. The molecule has 0 radical (unpaired) electrons. The number of rotatable bonds is 15. The molecule has 1 N–H and O–H groups in total. The number of aromatic nitrogens is 2. The molecular weight excluding hydrogens is 828 g/mol. The van der Waals surface area contributed by atoms with E-state index in [0.717, 1.165) is 61.5 Å². The van der Waals surface area contributed by atoms with Crippen molar-refractivity contribution in [3.63, 3.8) is 0 Å². The summed E-state index contributed by atoms with van der Waals surface area (Å²) in [6.07, 6.45) is 6.38. The maximum absolute atomic E-state index is 14.8. The maximum Gasteiger partial charge on any atom is 0.409 e. The Labute approximate surface area is 368 Å². The van der Waals surface area contributed by atoms with Gasteiger partial charge in [0.25, 0.3) is 27.7 Å². The van der Waals surface area contributed by atoms with Crippen LogP contribution in [0.4, 0.5) is 4.79 Å². The minimum absolute atomic E-state index is 0.00942. The molecule has 1 saturated heterocycles. The van der Waals surface area contributed by atoms with Crippen LogP contribution < -0.4 is 4.72 Å². The fraction of sp³-hybridized carbons (Fsp3) is 0.383. The fourth-order valence-electron chi connectivity index (χ4n) is 8.00. The SMILES string of the molecule is CCCCN(CCCC)C(=O)c1nn(-c2ccc(C(=O)NS(=O)(=O)c3ccc4ccccc4c3)cc2C(=O)N2CCc3ccccc3C2)c(CCOC(=O)N2CCCCC2)c1Cl. The number of hydrogen-bond acceptors (Lipinski definition) is 8. The largest absolute Gasteiger partial charge is 0.449 e. The van der Waals surface area contributed by atoms with Crippen molar-refractivity contribution < 1.29 is 32.3 Å². The summed E-state index contributed by atoms with van der Waals surface area (Å²) in [6, 6.07) is 24.0. The summed E-state index contributed by atoms with van der Waals surface area (Å²) in [5.41, 5.74) is 2.60. The molecule has 0 saturated carbocycles. The number of hydrogen-bond donors (Lipinski definition) is 1. The first kappa shape index (κ1) is 44.3. The van der Waals surface area contributed by atoms with Crippen molar-refractivity contribution in [2.24, 2.45) is 0 Å². The Hall–Kier alpha value is -5.73. The third kappa shape index (κ3) is 9.97. The number of benzene rings is 4. The first-order valence-corrected chi connectivity index (χ1v) is 23.4. The second kappa shape index (κ2) is 20.0. The monoisotopic (exact) mass is 880 g/mol. The molecule has 5 aromatic rings. The molecule has 1 fully saturated rings. The smallest absolute Gasteiger partial charge is 0.409 e. The highest BCUT2D eigenvalue weighted by Gasteiger charge is 2.31. The van der Waals surface area contributed by atoms with Gasteiger partial charge in [-0.3, -0.25) is 14.4 Å². The lowest BCUT2D eigenvalue weighted by molar-refractivity contribution is 0.0732. The molecule has 0 unspecified atom stereocenters. The van der Waals surface area contributed by atoms with Crippen molar-refractivity contribution in [1.82, 2.24) is 29.2 Å². The number of nitrogens with one attached hydrogen (secondary N) is 1. The fourth-order valence-corrected chi connectivity index (χ4v) is 9.30. The van der Waals surface area contributed by atoms with Gasteiger partial charge in [-0.25, -0.2) is 22.6 Å². The minimum atomic E-state index is -4.33. The van der Waals surface area contributed by atoms with Crippen LogP contribution in [0.5, 0.6) is 0 Å². The summed E-state index contributed by atoms with van der Waals surface area (Å²) >= 11 is 7.13. The van der Waals surface area contributed by atoms with Crippen LogP contribution in [0.2, 0.25) is 5.02 Å². The van der Waals surface area contributed by atoms with Crippen LogP contribution in [-0.4, -0.2) is 96.0 Å². The zero-order chi connectivity index (χ0) is 43.8. The Balaban J connectivity index is 1.28. The molecule has 4 aromatic carbocycles. The quantitative estimate of drug-likeness (QED) is 0.111. The van der Waals surface area contributed by atoms with E-state index in [1.807, 2.05) is 36.4 Å². The first-order valence-electron chi connectivity index (χ1n) is 21.5. The molecule has 62 heavy (non-hydrogen) atoms. The average Bonchev–Trinajstić information content (AvgIpc) is 3.62.